The summed E-state index contributed by atoms with van der Waals surface area (Å²) in [4.78, 5) is 26.7. The van der Waals surface area contributed by atoms with Crippen LogP contribution in [-0.4, -0.2) is 47.3 Å². The van der Waals surface area contributed by atoms with Crippen LogP contribution in [-0.2, 0) is 11.2 Å². The topological polar surface area (TPSA) is 120 Å². The number of rotatable bonds is 8. The van der Waals surface area contributed by atoms with Gasteiger partial charge in [-0.2, -0.15) is 10.3 Å². The Morgan fingerprint density at radius 1 is 1.27 bits per heavy atom. The van der Waals surface area contributed by atoms with Crippen molar-refractivity contribution in [3.63, 3.8) is 0 Å². The molecule has 0 radical (unpaired) electrons. The number of hydrogen-bond donors (Lipinski definition) is 2. The molecule has 0 fully saturated rings. The van der Waals surface area contributed by atoms with Crippen LogP contribution >= 0.6 is 0 Å². The number of carbonyl (C=O) groups excluding carboxylic acids is 1. The number of nitrogens with two attached hydrogens (primary N) is 1. The Hall–Kier alpha value is -4.32. The Kier molecular flexibility index (Phi) is 7.65. The molecule has 3 aromatic rings. The molecule has 9 heteroatoms. The highest BCUT2D eigenvalue weighted by Crippen LogP contribution is 2.29. The molecule has 0 bridgehead atoms. The second kappa shape index (κ2) is 10.8. The van der Waals surface area contributed by atoms with Crippen LogP contribution in [0, 0.1) is 17.3 Å². The molecule has 0 aliphatic heterocycles. The Morgan fingerprint density at radius 3 is 2.73 bits per heavy atom. The molecule has 0 saturated heterocycles. The largest absolute Gasteiger partial charge is 0.369 e. The monoisotopic (exact) mass is 445 g/mol. The maximum Gasteiger partial charge on any atom is 0.229 e. The van der Waals surface area contributed by atoms with E-state index in [2.05, 4.69) is 20.3 Å². The molecule has 1 unspecified atom stereocenters. The van der Waals surface area contributed by atoms with Crippen LogP contribution in [0.5, 0.6) is 0 Å². The van der Waals surface area contributed by atoms with Gasteiger partial charge in [0.2, 0.25) is 12.1 Å². The highest BCUT2D eigenvalue weighted by Gasteiger charge is 2.25. The highest BCUT2D eigenvalue weighted by atomic mass is 19.1. The van der Waals surface area contributed by atoms with Crippen molar-refractivity contribution in [2.45, 2.75) is 12.3 Å². The fourth-order valence-electron chi connectivity index (χ4n) is 3.46. The van der Waals surface area contributed by atoms with E-state index in [-0.39, 0.29) is 5.82 Å². The number of amides is 1. The molecule has 2 aromatic heterocycles. The molecular formula is C24H24FN7O. The van der Waals surface area contributed by atoms with E-state index >= 15 is 0 Å². The summed E-state index contributed by atoms with van der Waals surface area (Å²) in [6.45, 7) is 0.429. The van der Waals surface area contributed by atoms with Crippen LogP contribution in [0.2, 0.25) is 0 Å². The van der Waals surface area contributed by atoms with Crippen LogP contribution in [0.15, 0.2) is 65.9 Å². The van der Waals surface area contributed by atoms with Crippen molar-refractivity contribution in [1.29, 1.82) is 5.26 Å². The van der Waals surface area contributed by atoms with Crippen molar-refractivity contribution >= 4 is 17.6 Å². The minimum Gasteiger partial charge on any atom is -0.369 e. The minimum atomic E-state index is -0.785. The van der Waals surface area contributed by atoms with E-state index in [1.807, 2.05) is 6.07 Å². The van der Waals surface area contributed by atoms with Crippen LogP contribution < -0.4 is 11.1 Å². The standard InChI is InChI=1S/C24H24FN7O/c1-32(2)24(30-15-26)20-9-8-19(21(22(27)33)17-6-4-11-28-14-17)23(31-20)29-12-10-16-5-3-7-18(25)13-16/h3-9,11,13-14,21H,10,12H2,1-2H3,(H2,27,33)(H,29,31)/b30-24+. The molecule has 1 atom stereocenters. The number of nitrogens with zero attached hydrogens (tertiary/aromatic N) is 5. The molecule has 2 heterocycles. The van der Waals surface area contributed by atoms with Gasteiger partial charge in [-0.25, -0.2) is 9.37 Å². The average Bonchev–Trinajstić information content (AvgIpc) is 2.79. The van der Waals surface area contributed by atoms with E-state index in [1.165, 1.54) is 12.1 Å². The van der Waals surface area contributed by atoms with Crippen molar-refractivity contribution in [2.24, 2.45) is 10.7 Å². The predicted octanol–water partition coefficient (Wildman–Crippen LogP) is 2.68. The molecule has 0 aliphatic carbocycles. The van der Waals surface area contributed by atoms with Gasteiger partial charge in [-0.3, -0.25) is 9.78 Å². The third-order valence-corrected chi connectivity index (χ3v) is 4.94. The van der Waals surface area contributed by atoms with Gasteiger partial charge >= 0.3 is 0 Å². The van der Waals surface area contributed by atoms with E-state index in [4.69, 9.17) is 11.0 Å². The zero-order chi connectivity index (χ0) is 23.8. The van der Waals surface area contributed by atoms with Gasteiger partial charge < -0.3 is 16.0 Å². The fraction of sp³-hybridized carbons (Fsp3) is 0.208. The number of anilines is 1. The molecule has 0 saturated carbocycles. The molecule has 168 valence electrons. The third-order valence-electron chi connectivity index (χ3n) is 4.94. The van der Waals surface area contributed by atoms with Gasteiger partial charge in [-0.1, -0.05) is 24.3 Å². The van der Waals surface area contributed by atoms with Crippen LogP contribution in [0.1, 0.15) is 28.3 Å². The lowest BCUT2D eigenvalue weighted by atomic mass is 9.91. The average molecular weight is 446 g/mol. The number of nitrogens with one attached hydrogen (secondary N) is 1. The van der Waals surface area contributed by atoms with E-state index in [9.17, 15) is 9.18 Å². The lowest BCUT2D eigenvalue weighted by Crippen LogP contribution is -2.27. The lowest BCUT2D eigenvalue weighted by molar-refractivity contribution is -0.118. The second-order valence-corrected chi connectivity index (χ2v) is 7.49. The van der Waals surface area contributed by atoms with Gasteiger partial charge in [-0.15, -0.1) is 0 Å². The summed E-state index contributed by atoms with van der Waals surface area (Å²) in [5, 5.41) is 12.3. The zero-order valence-electron chi connectivity index (χ0n) is 18.4. The Morgan fingerprint density at radius 2 is 2.09 bits per heavy atom. The number of hydrogen-bond acceptors (Lipinski definition) is 6. The number of carbonyl (C=O) groups is 1. The first kappa shape index (κ1) is 23.3. The molecule has 8 nitrogen and oxygen atoms in total. The maximum atomic E-state index is 13.5. The Balaban J connectivity index is 2.01. The number of pyridine rings is 2. The van der Waals surface area contributed by atoms with Gasteiger partial charge in [-0.05, 0) is 41.8 Å². The number of nitriles is 1. The summed E-state index contributed by atoms with van der Waals surface area (Å²) in [6.07, 6.45) is 5.52. The number of aliphatic imine (C=N–C) groups is 1. The van der Waals surface area contributed by atoms with Gasteiger partial charge in [0.15, 0.2) is 5.84 Å². The number of benzene rings is 1. The van der Waals surface area contributed by atoms with E-state index < -0.39 is 11.8 Å². The molecular weight excluding hydrogens is 421 g/mol. The first-order valence-corrected chi connectivity index (χ1v) is 10.2. The van der Waals surface area contributed by atoms with Crippen LogP contribution in [0.25, 0.3) is 0 Å². The van der Waals surface area contributed by atoms with Crippen molar-refractivity contribution in [2.75, 3.05) is 26.0 Å². The fourth-order valence-corrected chi connectivity index (χ4v) is 3.46. The molecule has 3 rings (SSSR count). The number of aromatic nitrogens is 2. The van der Waals surface area contributed by atoms with Gasteiger partial charge in [0.05, 0.1) is 5.92 Å². The SMILES string of the molecule is CN(C)/C(=N/C#N)c1ccc(C(C(N)=O)c2cccnc2)c(NCCc2cccc(F)c2)n1. The van der Waals surface area contributed by atoms with Crippen molar-refractivity contribution in [3.05, 3.63) is 89.1 Å². The normalized spacial score (nSPS) is 12.0. The zero-order valence-corrected chi connectivity index (χ0v) is 18.4. The van der Waals surface area contributed by atoms with Crippen LogP contribution in [0.3, 0.4) is 0 Å². The van der Waals surface area contributed by atoms with E-state index in [0.717, 1.165) is 5.56 Å². The summed E-state index contributed by atoms with van der Waals surface area (Å²) in [5.74, 6) is -0.850. The highest BCUT2D eigenvalue weighted by molar-refractivity contribution is 5.98. The molecule has 3 N–H and O–H groups in total. The van der Waals surface area contributed by atoms with Crippen molar-refractivity contribution < 1.29 is 9.18 Å². The van der Waals surface area contributed by atoms with Gasteiger partial charge in [0, 0.05) is 38.6 Å². The molecule has 0 aliphatic rings. The summed E-state index contributed by atoms with van der Waals surface area (Å²) in [6, 6.07) is 13.3. The first-order valence-electron chi connectivity index (χ1n) is 10.2. The van der Waals surface area contributed by atoms with Crippen LogP contribution in [0.4, 0.5) is 10.2 Å². The number of primary amides is 1. The maximum absolute atomic E-state index is 13.5. The lowest BCUT2D eigenvalue weighted by Gasteiger charge is -2.20. The van der Waals surface area contributed by atoms with Gasteiger partial charge in [0.1, 0.15) is 17.3 Å². The van der Waals surface area contributed by atoms with E-state index in [0.29, 0.717) is 41.4 Å². The summed E-state index contributed by atoms with van der Waals surface area (Å²) < 4.78 is 13.5. The first-order chi connectivity index (χ1) is 15.9. The Labute approximate surface area is 191 Å². The number of halogens is 1. The Bertz CT molecular complexity index is 1190. The predicted molar refractivity (Wildman–Crippen MR) is 124 cm³/mol. The minimum absolute atomic E-state index is 0.304. The molecule has 1 amide bonds. The smallest absolute Gasteiger partial charge is 0.229 e. The molecule has 0 spiro atoms. The number of amidine groups is 1. The second-order valence-electron chi connectivity index (χ2n) is 7.49. The quantitative estimate of drug-likeness (QED) is 0.312. The molecule has 33 heavy (non-hydrogen) atoms. The van der Waals surface area contributed by atoms with Gasteiger partial charge in [0.25, 0.3) is 0 Å². The molecule has 1 aromatic carbocycles. The van der Waals surface area contributed by atoms with Crippen molar-refractivity contribution in [3.8, 4) is 6.19 Å². The summed E-state index contributed by atoms with van der Waals surface area (Å²) in [5.41, 5.74) is 8.23. The summed E-state index contributed by atoms with van der Waals surface area (Å²) >= 11 is 0. The van der Waals surface area contributed by atoms with E-state index in [1.54, 1.807) is 67.9 Å². The van der Waals surface area contributed by atoms with Crippen molar-refractivity contribution in [1.82, 2.24) is 14.9 Å². The third kappa shape index (κ3) is 5.89. The summed E-state index contributed by atoms with van der Waals surface area (Å²) in [7, 11) is 3.51.